The molecular weight excluding hydrogens is 366 g/mol. The molecule has 0 radical (unpaired) electrons. The molecule has 0 spiro atoms. The molecule has 2 aromatic heterocycles. The van der Waals surface area contributed by atoms with Crippen LogP contribution in [0.5, 0.6) is 0 Å². The number of nitrogens with zero attached hydrogens (tertiary/aromatic N) is 4. The predicted molar refractivity (Wildman–Crippen MR) is 84.5 cm³/mol. The molecule has 0 bridgehead atoms. The molecule has 1 N–H and O–H groups in total. The van der Waals surface area contributed by atoms with Gasteiger partial charge in [-0.15, -0.1) is 16.4 Å². The molecule has 0 aliphatic rings. The van der Waals surface area contributed by atoms with Crippen LogP contribution in [-0.2, 0) is 10.0 Å². The molecular formula is C11H8ClN5O4S2. The molecule has 3 aromatic rings. The Morgan fingerprint density at radius 1 is 1.43 bits per heavy atom. The van der Waals surface area contributed by atoms with Crippen LogP contribution in [0.3, 0.4) is 0 Å². The van der Waals surface area contributed by atoms with Gasteiger partial charge in [-0.25, -0.2) is 17.7 Å². The Kier molecular flexibility index (Phi) is 3.70. The van der Waals surface area contributed by atoms with Crippen LogP contribution in [0.25, 0.3) is 4.96 Å². The minimum absolute atomic E-state index is 0.113. The van der Waals surface area contributed by atoms with Crippen molar-refractivity contribution in [3.05, 3.63) is 44.4 Å². The number of nitro benzene ring substituents is 1. The molecule has 9 nitrogen and oxygen atoms in total. The van der Waals surface area contributed by atoms with Gasteiger partial charge in [-0.1, -0.05) is 11.6 Å². The zero-order valence-electron chi connectivity index (χ0n) is 11.4. The molecule has 0 aliphatic carbocycles. The number of benzene rings is 1. The molecule has 120 valence electrons. The second-order valence-corrected chi connectivity index (χ2v) is 7.41. The zero-order valence-corrected chi connectivity index (χ0v) is 13.8. The first-order valence-corrected chi connectivity index (χ1v) is 8.79. The van der Waals surface area contributed by atoms with Crippen molar-refractivity contribution in [1.29, 1.82) is 0 Å². The van der Waals surface area contributed by atoms with Gasteiger partial charge >= 0.3 is 0 Å². The monoisotopic (exact) mass is 373 g/mol. The zero-order chi connectivity index (χ0) is 16.8. The van der Waals surface area contributed by atoms with Gasteiger partial charge in [-0.3, -0.25) is 10.1 Å². The van der Waals surface area contributed by atoms with Crippen LogP contribution in [0, 0.1) is 17.0 Å². The van der Waals surface area contributed by atoms with Gasteiger partial charge in [-0.05, 0) is 19.1 Å². The number of sulfonamides is 1. The quantitative estimate of drug-likeness (QED) is 0.554. The van der Waals surface area contributed by atoms with E-state index in [1.165, 1.54) is 21.9 Å². The predicted octanol–water partition coefficient (Wildman–Crippen LogP) is 2.46. The fraction of sp³-hybridized carbons (Fsp3) is 0.0909. The topological polar surface area (TPSA) is 120 Å². The summed E-state index contributed by atoms with van der Waals surface area (Å²) >= 11 is 6.99. The molecule has 0 unspecified atom stereocenters. The van der Waals surface area contributed by atoms with E-state index in [4.69, 9.17) is 11.6 Å². The van der Waals surface area contributed by atoms with Crippen LogP contribution in [0.2, 0.25) is 5.02 Å². The van der Waals surface area contributed by atoms with Crippen LogP contribution >= 0.6 is 22.9 Å². The summed E-state index contributed by atoms with van der Waals surface area (Å²) in [6.07, 6.45) is 0. The number of hydrogen-bond acceptors (Lipinski definition) is 7. The lowest BCUT2D eigenvalue weighted by atomic mass is 10.3. The maximum Gasteiger partial charge on any atom is 0.289 e. The standard InChI is InChI=1S/C11H8ClN5O4S2/c1-6-5-22-11-13-10(14-16(6)11)15-23(20,21)7-2-3-8(12)9(4-7)17(18)19/h2-5H,1H3,(H,14,15). The minimum Gasteiger partial charge on any atom is -0.258 e. The minimum atomic E-state index is -4.07. The van der Waals surface area contributed by atoms with E-state index in [1.807, 2.05) is 5.38 Å². The van der Waals surface area contributed by atoms with E-state index >= 15 is 0 Å². The van der Waals surface area contributed by atoms with Crippen LogP contribution < -0.4 is 4.72 Å². The third-order valence-electron chi connectivity index (χ3n) is 2.90. The molecule has 0 amide bonds. The Morgan fingerprint density at radius 3 is 2.83 bits per heavy atom. The van der Waals surface area contributed by atoms with Gasteiger partial charge in [0.15, 0.2) is 0 Å². The van der Waals surface area contributed by atoms with Crippen LogP contribution in [0.15, 0.2) is 28.5 Å². The maximum absolute atomic E-state index is 12.3. The average molecular weight is 374 g/mol. The maximum atomic E-state index is 12.3. The number of nitro groups is 1. The lowest BCUT2D eigenvalue weighted by Gasteiger charge is -2.05. The second kappa shape index (κ2) is 5.44. The fourth-order valence-electron chi connectivity index (χ4n) is 1.81. The third kappa shape index (κ3) is 2.85. The summed E-state index contributed by atoms with van der Waals surface area (Å²) in [7, 11) is -4.07. The number of thiazole rings is 1. The van der Waals surface area contributed by atoms with E-state index < -0.39 is 20.6 Å². The highest BCUT2D eigenvalue weighted by atomic mass is 35.5. The summed E-state index contributed by atoms with van der Waals surface area (Å²) in [6.45, 7) is 1.80. The summed E-state index contributed by atoms with van der Waals surface area (Å²) in [5.41, 5.74) is 0.314. The van der Waals surface area contributed by atoms with Crippen molar-refractivity contribution >= 4 is 49.6 Å². The summed E-state index contributed by atoms with van der Waals surface area (Å²) in [5, 5.41) is 16.6. The first-order chi connectivity index (χ1) is 10.8. The van der Waals surface area contributed by atoms with E-state index in [0.717, 1.165) is 17.8 Å². The van der Waals surface area contributed by atoms with Gasteiger partial charge in [0.2, 0.25) is 4.96 Å². The first kappa shape index (κ1) is 15.6. The van der Waals surface area contributed by atoms with Gasteiger partial charge in [0.1, 0.15) is 5.02 Å². The van der Waals surface area contributed by atoms with Crippen LogP contribution in [-0.4, -0.2) is 27.9 Å². The second-order valence-electron chi connectivity index (χ2n) is 4.48. The number of anilines is 1. The number of fused-ring (bicyclic) bond motifs is 1. The molecule has 1 aromatic carbocycles. The molecule has 0 saturated heterocycles. The molecule has 0 aliphatic heterocycles. The van der Waals surface area contributed by atoms with Crippen molar-refractivity contribution in [3.63, 3.8) is 0 Å². The summed E-state index contributed by atoms with van der Waals surface area (Å²) < 4.78 is 28.3. The number of aryl methyl sites for hydroxylation is 1. The largest absolute Gasteiger partial charge is 0.289 e. The number of aromatic nitrogens is 3. The first-order valence-electron chi connectivity index (χ1n) is 6.05. The smallest absolute Gasteiger partial charge is 0.258 e. The van der Waals surface area contributed by atoms with Gasteiger partial charge in [0.25, 0.3) is 21.7 Å². The van der Waals surface area contributed by atoms with Gasteiger partial charge in [0, 0.05) is 11.4 Å². The van der Waals surface area contributed by atoms with Gasteiger partial charge in [0.05, 0.1) is 15.5 Å². The Morgan fingerprint density at radius 2 is 2.17 bits per heavy atom. The Hall–Kier alpha value is -2.24. The average Bonchev–Trinajstić information content (AvgIpc) is 3.00. The normalized spacial score (nSPS) is 11.7. The van der Waals surface area contributed by atoms with E-state index in [1.54, 1.807) is 6.92 Å². The third-order valence-corrected chi connectivity index (χ3v) is 5.48. The van der Waals surface area contributed by atoms with Crippen molar-refractivity contribution in [2.45, 2.75) is 11.8 Å². The van der Waals surface area contributed by atoms with Crippen LogP contribution in [0.4, 0.5) is 11.6 Å². The van der Waals surface area contributed by atoms with E-state index in [2.05, 4.69) is 14.8 Å². The molecule has 0 fully saturated rings. The molecule has 2 heterocycles. The highest BCUT2D eigenvalue weighted by Crippen LogP contribution is 2.28. The van der Waals surface area contributed by atoms with E-state index in [9.17, 15) is 18.5 Å². The summed E-state index contributed by atoms with van der Waals surface area (Å²) in [6, 6.07) is 3.20. The highest BCUT2D eigenvalue weighted by molar-refractivity contribution is 7.92. The van der Waals surface area contributed by atoms with Crippen LogP contribution in [0.1, 0.15) is 5.69 Å². The van der Waals surface area contributed by atoms with Crippen molar-refractivity contribution in [3.8, 4) is 0 Å². The number of nitrogens with one attached hydrogen (secondary N) is 1. The van der Waals surface area contributed by atoms with Gasteiger partial charge < -0.3 is 0 Å². The lowest BCUT2D eigenvalue weighted by Crippen LogP contribution is -2.14. The number of rotatable bonds is 4. The molecule has 0 atom stereocenters. The molecule has 0 saturated carbocycles. The summed E-state index contributed by atoms with van der Waals surface area (Å²) in [4.78, 5) is 14.4. The SMILES string of the molecule is Cc1csc2nc(NS(=O)(=O)c3ccc(Cl)c([N+](=O)[O-])c3)nn12. The fourth-order valence-corrected chi connectivity index (χ4v) is 3.76. The van der Waals surface area contributed by atoms with Crippen molar-refractivity contribution in [1.82, 2.24) is 14.6 Å². The molecule has 23 heavy (non-hydrogen) atoms. The summed E-state index contributed by atoms with van der Waals surface area (Å²) in [5.74, 6) is -0.113. The van der Waals surface area contributed by atoms with Crippen molar-refractivity contribution < 1.29 is 13.3 Å². The number of hydrogen-bond donors (Lipinski definition) is 1. The highest BCUT2D eigenvalue weighted by Gasteiger charge is 2.22. The Bertz CT molecular complexity index is 1030. The Labute approximate surface area is 138 Å². The molecule has 12 heteroatoms. The van der Waals surface area contributed by atoms with E-state index in [-0.39, 0.29) is 15.9 Å². The number of halogens is 1. The lowest BCUT2D eigenvalue weighted by molar-refractivity contribution is -0.384. The van der Waals surface area contributed by atoms with Crippen molar-refractivity contribution in [2.24, 2.45) is 0 Å². The van der Waals surface area contributed by atoms with E-state index in [0.29, 0.717) is 4.96 Å². The molecule has 3 rings (SSSR count). The van der Waals surface area contributed by atoms with Crippen molar-refractivity contribution in [2.75, 3.05) is 4.72 Å². The van der Waals surface area contributed by atoms with Gasteiger partial charge in [-0.2, -0.15) is 4.98 Å². The Balaban J connectivity index is 1.98.